The summed E-state index contributed by atoms with van der Waals surface area (Å²) in [4.78, 5) is 19.2. The Morgan fingerprint density at radius 2 is 2.24 bits per heavy atom. The molecule has 0 spiro atoms. The number of hydrogen-bond donors (Lipinski definition) is 1. The Morgan fingerprint density at radius 1 is 1.41 bits per heavy atom. The van der Waals surface area contributed by atoms with Gasteiger partial charge in [0.15, 0.2) is 5.84 Å². The molecule has 0 saturated heterocycles. The van der Waals surface area contributed by atoms with Gasteiger partial charge in [-0.3, -0.25) is 0 Å². The van der Waals surface area contributed by atoms with Crippen molar-refractivity contribution in [2.45, 2.75) is 12.8 Å². The lowest BCUT2D eigenvalue weighted by molar-refractivity contribution is -0.129. The smallest absolute Gasteiger partial charge is 0.350 e. The van der Waals surface area contributed by atoms with Gasteiger partial charge >= 0.3 is 5.97 Å². The summed E-state index contributed by atoms with van der Waals surface area (Å²) in [7, 11) is 1.60. The number of ether oxygens (including phenoxy) is 1. The molecule has 3 rings (SSSR count). The average molecular weight is 230 g/mol. The summed E-state index contributed by atoms with van der Waals surface area (Å²) in [5, 5.41) is 8.90. The van der Waals surface area contributed by atoms with Crippen LogP contribution in [-0.4, -0.2) is 29.7 Å². The predicted molar refractivity (Wildman–Crippen MR) is 61.9 cm³/mol. The molecule has 0 aromatic rings. The summed E-state index contributed by atoms with van der Waals surface area (Å²) >= 11 is 0. The van der Waals surface area contributed by atoms with Crippen LogP contribution in [0.15, 0.2) is 44.7 Å². The fraction of sp³-hybridized carbons (Fsp3) is 0.250. The largest absolute Gasteiger partial charge is 0.494 e. The van der Waals surface area contributed by atoms with E-state index < -0.39 is 5.97 Å². The van der Waals surface area contributed by atoms with E-state index in [1.807, 2.05) is 12.2 Å². The van der Waals surface area contributed by atoms with E-state index in [0.29, 0.717) is 18.0 Å². The van der Waals surface area contributed by atoms with Gasteiger partial charge in [0.2, 0.25) is 0 Å². The molecule has 17 heavy (non-hydrogen) atoms. The fourth-order valence-electron chi connectivity index (χ4n) is 2.21. The van der Waals surface area contributed by atoms with Crippen molar-refractivity contribution in [2.75, 3.05) is 7.11 Å². The number of methoxy groups -OCH3 is 1. The summed E-state index contributed by atoms with van der Waals surface area (Å²) < 4.78 is 5.23. The van der Waals surface area contributed by atoms with Crippen molar-refractivity contribution in [1.29, 1.82) is 0 Å². The van der Waals surface area contributed by atoms with Crippen LogP contribution in [0.4, 0.5) is 0 Å². The van der Waals surface area contributed by atoms with Crippen molar-refractivity contribution >= 4 is 17.5 Å². The molecule has 86 valence electrons. The minimum atomic E-state index is -0.973. The summed E-state index contributed by atoms with van der Waals surface area (Å²) in [5.41, 5.74) is 2.93. The molecule has 0 bridgehead atoms. The first kappa shape index (κ1) is 10.0. The van der Waals surface area contributed by atoms with Crippen LogP contribution in [0.25, 0.3) is 0 Å². The number of aliphatic carboxylic acids is 1. The number of fused-ring (bicyclic) bond motifs is 2. The Bertz CT molecular complexity index is 577. The van der Waals surface area contributed by atoms with Gasteiger partial charge in [-0.2, -0.15) is 0 Å². The lowest BCUT2D eigenvalue weighted by atomic mass is 9.97. The van der Waals surface area contributed by atoms with Gasteiger partial charge in [-0.05, 0) is 18.1 Å². The highest BCUT2D eigenvalue weighted by atomic mass is 16.5. The number of allylic oxidation sites excluding steroid dienone is 3. The van der Waals surface area contributed by atoms with Crippen molar-refractivity contribution in [3.05, 3.63) is 34.8 Å². The van der Waals surface area contributed by atoms with Crippen LogP contribution in [0.1, 0.15) is 12.8 Å². The number of aliphatic imine (C=N–C) groups is 2. The van der Waals surface area contributed by atoms with Crippen molar-refractivity contribution < 1.29 is 14.6 Å². The summed E-state index contributed by atoms with van der Waals surface area (Å²) in [6.45, 7) is 0. The molecule has 0 fully saturated rings. The lowest BCUT2D eigenvalue weighted by Crippen LogP contribution is -2.10. The van der Waals surface area contributed by atoms with Crippen LogP contribution in [0.5, 0.6) is 0 Å². The van der Waals surface area contributed by atoms with Crippen molar-refractivity contribution in [3.63, 3.8) is 0 Å². The molecule has 1 N–H and O–H groups in total. The van der Waals surface area contributed by atoms with E-state index >= 15 is 0 Å². The van der Waals surface area contributed by atoms with Crippen molar-refractivity contribution in [2.24, 2.45) is 9.98 Å². The standard InChI is InChI=1S/C12H10N2O3/c1-17-9-4-2-3-6-7-5-8(12(15)16)13-11(7)14-10(6)9/h2,4H,3,5H2,1H3,(H,15,16). The van der Waals surface area contributed by atoms with Gasteiger partial charge in [-0.15, -0.1) is 0 Å². The fourth-order valence-corrected chi connectivity index (χ4v) is 2.21. The molecule has 0 radical (unpaired) electrons. The molecule has 5 heteroatoms. The number of carbonyl (C=O) groups is 1. The second kappa shape index (κ2) is 3.41. The molecular formula is C12H10N2O3. The van der Waals surface area contributed by atoms with Gasteiger partial charge in [-0.1, -0.05) is 6.08 Å². The van der Waals surface area contributed by atoms with E-state index in [0.717, 1.165) is 23.3 Å². The first-order chi connectivity index (χ1) is 8.20. The third-order valence-electron chi connectivity index (χ3n) is 3.01. The van der Waals surface area contributed by atoms with E-state index in [1.54, 1.807) is 7.11 Å². The molecule has 2 aliphatic heterocycles. The highest BCUT2D eigenvalue weighted by Gasteiger charge is 2.33. The highest BCUT2D eigenvalue weighted by molar-refractivity contribution is 6.42. The Labute approximate surface area is 97.5 Å². The Morgan fingerprint density at radius 3 is 2.94 bits per heavy atom. The second-order valence-corrected chi connectivity index (χ2v) is 3.96. The van der Waals surface area contributed by atoms with Crippen molar-refractivity contribution in [3.8, 4) is 0 Å². The number of carboxylic acids is 1. The molecule has 0 aromatic heterocycles. The normalized spacial score (nSPS) is 21.2. The van der Waals surface area contributed by atoms with Gasteiger partial charge < -0.3 is 9.84 Å². The molecular weight excluding hydrogens is 220 g/mol. The molecule has 0 atom stereocenters. The van der Waals surface area contributed by atoms with Gasteiger partial charge in [0.1, 0.15) is 17.2 Å². The molecule has 5 nitrogen and oxygen atoms in total. The summed E-state index contributed by atoms with van der Waals surface area (Å²) in [5.74, 6) is 0.275. The molecule has 3 aliphatic rings. The number of rotatable bonds is 2. The maximum absolute atomic E-state index is 10.9. The first-order valence-electron chi connectivity index (χ1n) is 5.28. The molecule has 0 amide bonds. The highest BCUT2D eigenvalue weighted by Crippen LogP contribution is 2.38. The average Bonchev–Trinajstić information content (AvgIpc) is 2.85. The lowest BCUT2D eigenvalue weighted by Gasteiger charge is -2.12. The molecule has 1 aliphatic carbocycles. The zero-order chi connectivity index (χ0) is 12.0. The van der Waals surface area contributed by atoms with Crippen molar-refractivity contribution in [1.82, 2.24) is 0 Å². The monoisotopic (exact) mass is 230 g/mol. The minimum Gasteiger partial charge on any atom is -0.494 e. The topological polar surface area (TPSA) is 71.2 Å². The van der Waals surface area contributed by atoms with Crippen LogP contribution < -0.4 is 0 Å². The number of amidine groups is 1. The Kier molecular flexibility index (Phi) is 2.01. The van der Waals surface area contributed by atoms with Gasteiger partial charge in [0.25, 0.3) is 0 Å². The van der Waals surface area contributed by atoms with E-state index in [-0.39, 0.29) is 5.71 Å². The SMILES string of the molecule is COC1=C2N=C3N=C(C(=O)O)CC3=C2CC=C1. The van der Waals surface area contributed by atoms with Crippen LogP contribution in [0.2, 0.25) is 0 Å². The predicted octanol–water partition coefficient (Wildman–Crippen LogP) is 1.44. The molecule has 0 aromatic carbocycles. The molecule has 0 saturated carbocycles. The maximum Gasteiger partial charge on any atom is 0.350 e. The quantitative estimate of drug-likeness (QED) is 0.780. The third-order valence-corrected chi connectivity index (χ3v) is 3.01. The second-order valence-electron chi connectivity index (χ2n) is 3.96. The molecule has 2 heterocycles. The molecule has 0 unspecified atom stereocenters. The summed E-state index contributed by atoms with van der Waals surface area (Å²) in [6, 6.07) is 0. The van der Waals surface area contributed by atoms with Gasteiger partial charge in [-0.25, -0.2) is 14.8 Å². The zero-order valence-electron chi connectivity index (χ0n) is 9.23. The summed E-state index contributed by atoms with van der Waals surface area (Å²) in [6.07, 6.45) is 4.99. The number of hydrogen-bond acceptors (Lipinski definition) is 4. The van der Waals surface area contributed by atoms with E-state index in [2.05, 4.69) is 9.98 Å². The van der Waals surface area contributed by atoms with Gasteiger partial charge in [0, 0.05) is 12.0 Å². The van der Waals surface area contributed by atoms with Crippen LogP contribution >= 0.6 is 0 Å². The zero-order valence-corrected chi connectivity index (χ0v) is 9.23. The van der Waals surface area contributed by atoms with Crippen LogP contribution in [-0.2, 0) is 9.53 Å². The van der Waals surface area contributed by atoms with E-state index in [9.17, 15) is 4.79 Å². The van der Waals surface area contributed by atoms with E-state index in [4.69, 9.17) is 9.84 Å². The third kappa shape index (κ3) is 1.35. The maximum atomic E-state index is 10.9. The number of nitrogens with zero attached hydrogens (tertiary/aromatic N) is 2. The Hall–Kier alpha value is -2.17. The van der Waals surface area contributed by atoms with E-state index in [1.165, 1.54) is 0 Å². The minimum absolute atomic E-state index is 0.166. The Balaban J connectivity index is 2.09. The first-order valence-corrected chi connectivity index (χ1v) is 5.28. The van der Waals surface area contributed by atoms with Crippen LogP contribution in [0, 0.1) is 0 Å². The van der Waals surface area contributed by atoms with Gasteiger partial charge in [0.05, 0.1) is 7.11 Å². The number of carboxylic acid groups (broad SMARTS) is 1. The van der Waals surface area contributed by atoms with Crippen LogP contribution in [0.3, 0.4) is 0 Å².